The number of nitrogens with zero attached hydrogens (tertiary/aromatic N) is 1. The maximum Gasteiger partial charge on any atom is 0.254 e. The summed E-state index contributed by atoms with van der Waals surface area (Å²) in [6.45, 7) is 0. The topological polar surface area (TPSA) is 116 Å². The molecule has 112 valence electrons. The van der Waals surface area contributed by atoms with Gasteiger partial charge in [-0.25, -0.2) is 0 Å². The molecule has 1 aliphatic rings. The minimum Gasteiger partial charge on any atom is -0.340 e. The van der Waals surface area contributed by atoms with Gasteiger partial charge in [0.15, 0.2) is 0 Å². The van der Waals surface area contributed by atoms with Crippen molar-refractivity contribution in [2.75, 3.05) is 10.6 Å². The van der Waals surface area contributed by atoms with Crippen LogP contribution in [0.5, 0.6) is 0 Å². The van der Waals surface area contributed by atoms with Gasteiger partial charge in [0, 0.05) is 6.20 Å². The zero-order valence-corrected chi connectivity index (χ0v) is 11.4. The van der Waals surface area contributed by atoms with Crippen molar-refractivity contribution in [1.29, 1.82) is 0 Å². The molecule has 3 rings (SSSR count). The van der Waals surface area contributed by atoms with Gasteiger partial charge >= 0.3 is 0 Å². The zero-order chi connectivity index (χ0) is 15.5. The normalized spacial score (nSPS) is 17.0. The van der Waals surface area contributed by atoms with E-state index < -0.39 is 23.8 Å². The zero-order valence-electron chi connectivity index (χ0n) is 11.4. The average molecular weight is 299 g/mol. The standard InChI is InChI=1S/C14H13N5O3/c20-12(17-8-6-15-16-7-8)5-11-14(22)18-10-4-2-1-3-9(10)13(21)19-11/h1-4,6-7,11H,5H2,(H,15,16)(H,17,20)(H,18,22)(H,19,21). The molecule has 2 aromatic rings. The fourth-order valence-corrected chi connectivity index (χ4v) is 2.17. The van der Waals surface area contributed by atoms with Crippen LogP contribution < -0.4 is 16.0 Å². The van der Waals surface area contributed by atoms with Gasteiger partial charge < -0.3 is 16.0 Å². The summed E-state index contributed by atoms with van der Waals surface area (Å²) >= 11 is 0. The minimum absolute atomic E-state index is 0.170. The number of anilines is 2. The van der Waals surface area contributed by atoms with Gasteiger partial charge in [0.1, 0.15) is 6.04 Å². The lowest BCUT2D eigenvalue weighted by atomic mass is 10.1. The molecule has 0 aliphatic carbocycles. The molecule has 1 aromatic carbocycles. The van der Waals surface area contributed by atoms with Crippen LogP contribution in [0, 0.1) is 0 Å². The molecule has 2 heterocycles. The van der Waals surface area contributed by atoms with Crippen molar-refractivity contribution < 1.29 is 14.4 Å². The van der Waals surface area contributed by atoms with E-state index in [2.05, 4.69) is 26.1 Å². The van der Waals surface area contributed by atoms with E-state index in [1.54, 1.807) is 24.3 Å². The molecule has 8 nitrogen and oxygen atoms in total. The van der Waals surface area contributed by atoms with Gasteiger partial charge in [0.05, 0.1) is 29.6 Å². The third-order valence-electron chi connectivity index (χ3n) is 3.22. The molecule has 0 saturated carbocycles. The Morgan fingerprint density at radius 1 is 1.27 bits per heavy atom. The molecule has 1 aromatic heterocycles. The van der Waals surface area contributed by atoms with Crippen LogP contribution in [0.1, 0.15) is 16.8 Å². The summed E-state index contributed by atoms with van der Waals surface area (Å²) in [5.74, 6) is -1.22. The van der Waals surface area contributed by atoms with Gasteiger partial charge in [0.2, 0.25) is 11.8 Å². The van der Waals surface area contributed by atoms with E-state index in [0.717, 1.165) is 0 Å². The molecule has 4 N–H and O–H groups in total. The molecule has 0 fully saturated rings. The Labute approximate surface area is 125 Å². The van der Waals surface area contributed by atoms with Gasteiger partial charge in [-0.1, -0.05) is 12.1 Å². The third-order valence-corrected chi connectivity index (χ3v) is 3.22. The fourth-order valence-electron chi connectivity index (χ4n) is 2.17. The lowest BCUT2D eigenvalue weighted by Gasteiger charge is -2.13. The van der Waals surface area contributed by atoms with E-state index in [1.807, 2.05) is 0 Å². The predicted molar refractivity (Wildman–Crippen MR) is 78.2 cm³/mol. The van der Waals surface area contributed by atoms with Crippen molar-refractivity contribution in [2.24, 2.45) is 0 Å². The second-order valence-corrected chi connectivity index (χ2v) is 4.80. The summed E-state index contributed by atoms with van der Waals surface area (Å²) in [5.41, 5.74) is 1.30. The maximum absolute atomic E-state index is 12.1. The first-order valence-corrected chi connectivity index (χ1v) is 6.63. The van der Waals surface area contributed by atoms with Crippen molar-refractivity contribution in [2.45, 2.75) is 12.5 Å². The second-order valence-electron chi connectivity index (χ2n) is 4.80. The van der Waals surface area contributed by atoms with Crippen LogP contribution in [-0.2, 0) is 9.59 Å². The highest BCUT2D eigenvalue weighted by atomic mass is 16.2. The summed E-state index contributed by atoms with van der Waals surface area (Å²) < 4.78 is 0. The fraction of sp³-hybridized carbons (Fsp3) is 0.143. The van der Waals surface area contributed by atoms with E-state index in [4.69, 9.17) is 0 Å². The van der Waals surface area contributed by atoms with Crippen LogP contribution in [0.3, 0.4) is 0 Å². The monoisotopic (exact) mass is 299 g/mol. The number of aromatic amines is 1. The molecule has 0 bridgehead atoms. The maximum atomic E-state index is 12.1. The molecule has 0 spiro atoms. The molecule has 0 radical (unpaired) electrons. The Kier molecular flexibility index (Phi) is 3.57. The molecule has 22 heavy (non-hydrogen) atoms. The van der Waals surface area contributed by atoms with Crippen molar-refractivity contribution in [3.05, 3.63) is 42.2 Å². The number of benzene rings is 1. The summed E-state index contributed by atoms with van der Waals surface area (Å²) in [7, 11) is 0. The number of H-pyrrole nitrogens is 1. The lowest BCUT2D eigenvalue weighted by Crippen LogP contribution is -2.43. The number of aromatic nitrogens is 2. The molecule has 1 aliphatic heterocycles. The molecule has 3 amide bonds. The van der Waals surface area contributed by atoms with Crippen molar-refractivity contribution in [3.63, 3.8) is 0 Å². The lowest BCUT2D eigenvalue weighted by molar-refractivity contribution is -0.122. The van der Waals surface area contributed by atoms with Crippen LogP contribution in [-0.4, -0.2) is 34.0 Å². The Morgan fingerprint density at radius 3 is 2.86 bits per heavy atom. The van der Waals surface area contributed by atoms with E-state index in [-0.39, 0.29) is 6.42 Å². The number of hydrogen-bond donors (Lipinski definition) is 4. The predicted octanol–water partition coefficient (Wildman–Crippen LogP) is 0.489. The molecule has 0 saturated heterocycles. The number of rotatable bonds is 3. The number of hydrogen-bond acceptors (Lipinski definition) is 4. The van der Waals surface area contributed by atoms with E-state index in [9.17, 15) is 14.4 Å². The largest absolute Gasteiger partial charge is 0.340 e. The van der Waals surface area contributed by atoms with Crippen LogP contribution >= 0.6 is 0 Å². The van der Waals surface area contributed by atoms with Gasteiger partial charge in [0.25, 0.3) is 5.91 Å². The van der Waals surface area contributed by atoms with Gasteiger partial charge in [-0.3, -0.25) is 19.5 Å². The van der Waals surface area contributed by atoms with Crippen LogP contribution in [0.2, 0.25) is 0 Å². The molecule has 8 heteroatoms. The highest BCUT2D eigenvalue weighted by molar-refractivity contribution is 6.11. The number of para-hydroxylation sites is 1. The Bertz CT molecular complexity index is 726. The quantitative estimate of drug-likeness (QED) is 0.660. The summed E-state index contributed by atoms with van der Waals surface area (Å²) in [5, 5.41) is 14.1. The Balaban J connectivity index is 1.71. The van der Waals surface area contributed by atoms with E-state index >= 15 is 0 Å². The van der Waals surface area contributed by atoms with E-state index in [1.165, 1.54) is 12.4 Å². The van der Waals surface area contributed by atoms with Crippen molar-refractivity contribution >= 4 is 29.1 Å². The summed E-state index contributed by atoms with van der Waals surface area (Å²) in [6.07, 6.45) is 2.79. The molecular weight excluding hydrogens is 286 g/mol. The number of nitrogens with one attached hydrogen (secondary N) is 4. The van der Waals surface area contributed by atoms with Crippen molar-refractivity contribution in [3.8, 4) is 0 Å². The average Bonchev–Trinajstić information content (AvgIpc) is 2.95. The van der Waals surface area contributed by atoms with Crippen LogP contribution in [0.4, 0.5) is 11.4 Å². The third kappa shape index (κ3) is 2.80. The first kappa shape index (κ1) is 13.8. The smallest absolute Gasteiger partial charge is 0.254 e. The molecule has 1 unspecified atom stereocenters. The number of carbonyl (C=O) groups excluding carboxylic acids is 3. The first-order valence-electron chi connectivity index (χ1n) is 6.63. The second kappa shape index (κ2) is 5.68. The molecular formula is C14H13N5O3. The van der Waals surface area contributed by atoms with E-state index in [0.29, 0.717) is 16.9 Å². The van der Waals surface area contributed by atoms with Gasteiger partial charge in [-0.05, 0) is 12.1 Å². The summed E-state index contributed by atoms with van der Waals surface area (Å²) in [4.78, 5) is 36.2. The highest BCUT2D eigenvalue weighted by Crippen LogP contribution is 2.19. The minimum atomic E-state index is -0.938. The van der Waals surface area contributed by atoms with Crippen LogP contribution in [0.25, 0.3) is 0 Å². The van der Waals surface area contributed by atoms with Gasteiger partial charge in [-0.2, -0.15) is 5.10 Å². The Morgan fingerprint density at radius 2 is 2.09 bits per heavy atom. The summed E-state index contributed by atoms with van der Waals surface area (Å²) in [6, 6.07) is 5.74. The SMILES string of the molecule is O=C(CC1NC(=O)c2ccccc2NC1=O)Nc1cn[nH]c1. The number of carbonyl (C=O) groups is 3. The Hall–Kier alpha value is -3.16. The first-order chi connectivity index (χ1) is 10.6. The van der Waals surface area contributed by atoms with Crippen molar-refractivity contribution in [1.82, 2.24) is 15.5 Å². The highest BCUT2D eigenvalue weighted by Gasteiger charge is 2.29. The number of fused-ring (bicyclic) bond motifs is 1. The number of amides is 3. The molecule has 1 atom stereocenters. The van der Waals surface area contributed by atoms with Gasteiger partial charge in [-0.15, -0.1) is 0 Å². The van der Waals surface area contributed by atoms with Crippen LogP contribution in [0.15, 0.2) is 36.7 Å².